The number of halogens is 1. The highest BCUT2D eigenvalue weighted by Gasteiger charge is 2.21. The molecule has 114 valence electrons. The highest BCUT2D eigenvalue weighted by molar-refractivity contribution is 5.72. The molecule has 4 rings (SSSR count). The normalized spacial score (nSPS) is 17.7. The fourth-order valence-corrected chi connectivity index (χ4v) is 2.47. The Kier molecular flexibility index (Phi) is 3.30. The maximum atomic E-state index is 14.0. The minimum Gasteiger partial charge on any atom is -0.332 e. The molecule has 1 unspecified atom stereocenters. The van der Waals surface area contributed by atoms with E-state index >= 15 is 0 Å². The lowest BCUT2D eigenvalue weighted by molar-refractivity contribution is 0.426. The van der Waals surface area contributed by atoms with Gasteiger partial charge >= 0.3 is 0 Å². The molecule has 3 aromatic heterocycles. The molecule has 0 aromatic carbocycles. The summed E-state index contributed by atoms with van der Waals surface area (Å²) in [5.74, 6) is 0.413. The molecular weight excluding hydrogens is 297 g/mol. The van der Waals surface area contributed by atoms with Gasteiger partial charge < -0.3 is 9.09 Å². The average Bonchev–Trinajstić information content (AvgIpc) is 3.27. The van der Waals surface area contributed by atoms with Crippen LogP contribution >= 0.6 is 0 Å². The number of allylic oxidation sites excluding steroid dienone is 4. The fraction of sp³-hybridized carbons (Fsp3) is 0.125. The summed E-state index contributed by atoms with van der Waals surface area (Å²) in [7, 11) is 0. The van der Waals surface area contributed by atoms with Crippen molar-refractivity contribution in [1.82, 2.24) is 24.7 Å². The third-order valence-electron chi connectivity index (χ3n) is 3.56. The number of aromatic nitrogens is 5. The number of imidazole rings is 1. The number of nitrogens with zero attached hydrogens (tertiary/aromatic N) is 5. The van der Waals surface area contributed by atoms with Gasteiger partial charge in [-0.2, -0.15) is 4.98 Å². The predicted octanol–water partition coefficient (Wildman–Crippen LogP) is 3.21. The maximum absolute atomic E-state index is 14.0. The number of hydrogen-bond acceptors (Lipinski definition) is 5. The molecule has 23 heavy (non-hydrogen) atoms. The Hall–Kier alpha value is -3.09. The van der Waals surface area contributed by atoms with Gasteiger partial charge in [-0.15, -0.1) is 0 Å². The van der Waals surface area contributed by atoms with Gasteiger partial charge in [0.05, 0.1) is 12.4 Å². The highest BCUT2D eigenvalue weighted by atomic mass is 19.1. The zero-order valence-corrected chi connectivity index (χ0v) is 12.0. The highest BCUT2D eigenvalue weighted by Crippen LogP contribution is 2.31. The van der Waals surface area contributed by atoms with E-state index in [9.17, 15) is 4.39 Å². The molecule has 1 atom stereocenters. The molecule has 0 bridgehead atoms. The van der Waals surface area contributed by atoms with Crippen LogP contribution in [-0.2, 0) is 0 Å². The van der Waals surface area contributed by atoms with Gasteiger partial charge in [-0.1, -0.05) is 17.3 Å². The van der Waals surface area contributed by atoms with Crippen LogP contribution in [0.1, 0.15) is 18.3 Å². The molecule has 7 heteroatoms. The molecule has 3 aromatic rings. The first-order valence-electron chi connectivity index (χ1n) is 7.10. The second-order valence-corrected chi connectivity index (χ2v) is 5.13. The van der Waals surface area contributed by atoms with Crippen molar-refractivity contribution in [2.75, 3.05) is 0 Å². The molecule has 0 N–H and O–H groups in total. The van der Waals surface area contributed by atoms with E-state index in [0.29, 0.717) is 23.0 Å². The lowest BCUT2D eigenvalue weighted by Crippen LogP contribution is -2.08. The molecule has 0 saturated carbocycles. The van der Waals surface area contributed by atoms with Crippen LogP contribution in [0, 0.1) is 0 Å². The molecule has 0 amide bonds. The van der Waals surface area contributed by atoms with Crippen LogP contribution in [-0.4, -0.2) is 24.7 Å². The quantitative estimate of drug-likeness (QED) is 0.743. The molecule has 0 aliphatic heterocycles. The zero-order valence-electron chi connectivity index (χ0n) is 12.0. The van der Waals surface area contributed by atoms with Gasteiger partial charge in [0.25, 0.3) is 5.89 Å². The summed E-state index contributed by atoms with van der Waals surface area (Å²) in [5.41, 5.74) is 1.16. The summed E-state index contributed by atoms with van der Waals surface area (Å²) in [6, 6.07) is 5.25. The second kappa shape index (κ2) is 5.60. The van der Waals surface area contributed by atoms with Crippen molar-refractivity contribution in [2.45, 2.75) is 12.5 Å². The van der Waals surface area contributed by atoms with Crippen LogP contribution in [0.25, 0.3) is 17.2 Å². The largest absolute Gasteiger partial charge is 0.332 e. The third kappa shape index (κ3) is 2.68. The van der Waals surface area contributed by atoms with Gasteiger partial charge in [0.15, 0.2) is 0 Å². The van der Waals surface area contributed by atoms with Crippen molar-refractivity contribution >= 4 is 5.57 Å². The van der Waals surface area contributed by atoms with Gasteiger partial charge in [0, 0.05) is 30.6 Å². The topological polar surface area (TPSA) is 69.6 Å². The Balaban J connectivity index is 1.68. The van der Waals surface area contributed by atoms with Crippen molar-refractivity contribution in [3.05, 3.63) is 66.9 Å². The average molecular weight is 309 g/mol. The Morgan fingerprint density at radius 2 is 2.22 bits per heavy atom. The first kappa shape index (κ1) is 13.6. The van der Waals surface area contributed by atoms with E-state index in [1.807, 2.05) is 16.7 Å². The summed E-state index contributed by atoms with van der Waals surface area (Å²) in [6.07, 6.45) is 10.4. The van der Waals surface area contributed by atoms with E-state index in [-0.39, 0.29) is 18.3 Å². The molecular formula is C16H12FN5O. The van der Waals surface area contributed by atoms with E-state index in [1.165, 1.54) is 6.08 Å². The van der Waals surface area contributed by atoms with E-state index in [1.54, 1.807) is 37.1 Å². The maximum Gasteiger partial charge on any atom is 0.276 e. The lowest BCUT2D eigenvalue weighted by Gasteiger charge is -2.18. The summed E-state index contributed by atoms with van der Waals surface area (Å²) >= 11 is 0. The molecule has 1 aliphatic carbocycles. The van der Waals surface area contributed by atoms with Crippen molar-refractivity contribution in [3.8, 4) is 11.6 Å². The molecule has 0 radical (unpaired) electrons. The van der Waals surface area contributed by atoms with Crippen molar-refractivity contribution in [1.29, 1.82) is 0 Å². The summed E-state index contributed by atoms with van der Waals surface area (Å²) < 4.78 is 21.0. The van der Waals surface area contributed by atoms with Crippen LogP contribution in [0.5, 0.6) is 0 Å². The van der Waals surface area contributed by atoms with Gasteiger partial charge in [-0.3, -0.25) is 4.98 Å². The van der Waals surface area contributed by atoms with Crippen LogP contribution < -0.4 is 0 Å². The van der Waals surface area contributed by atoms with E-state index in [0.717, 1.165) is 0 Å². The number of hydrogen-bond donors (Lipinski definition) is 0. The Morgan fingerprint density at radius 1 is 1.26 bits per heavy atom. The van der Waals surface area contributed by atoms with Crippen molar-refractivity contribution in [3.63, 3.8) is 0 Å². The van der Waals surface area contributed by atoms with Crippen molar-refractivity contribution in [2.24, 2.45) is 0 Å². The molecule has 3 heterocycles. The molecule has 0 saturated heterocycles. The van der Waals surface area contributed by atoms with Gasteiger partial charge in [-0.25, -0.2) is 9.37 Å². The predicted molar refractivity (Wildman–Crippen MR) is 80.6 cm³/mol. The van der Waals surface area contributed by atoms with Crippen LogP contribution in [0.3, 0.4) is 0 Å². The minimum absolute atomic E-state index is 0.158. The van der Waals surface area contributed by atoms with E-state index in [2.05, 4.69) is 20.1 Å². The van der Waals surface area contributed by atoms with Gasteiger partial charge in [-0.05, 0) is 18.2 Å². The Bertz CT molecular complexity index is 867. The molecule has 0 spiro atoms. The molecule has 1 aliphatic rings. The zero-order chi connectivity index (χ0) is 15.6. The second-order valence-electron chi connectivity index (χ2n) is 5.13. The fourth-order valence-electron chi connectivity index (χ4n) is 2.47. The standard InChI is InChI=1S/C16H12FN5O/c17-12-7-11(8-13(9-12)22-6-5-18-10-22)15-20-16(23-21-15)14-3-1-2-4-19-14/h1-8,10,13H,9H2. The molecule has 6 nitrogen and oxygen atoms in total. The molecule has 0 fully saturated rings. The van der Waals surface area contributed by atoms with Crippen molar-refractivity contribution < 1.29 is 8.91 Å². The van der Waals surface area contributed by atoms with Crippen LogP contribution in [0.2, 0.25) is 0 Å². The van der Waals surface area contributed by atoms with Gasteiger partial charge in [0.2, 0.25) is 5.82 Å². The summed E-state index contributed by atoms with van der Waals surface area (Å²) in [6.45, 7) is 0. The first-order chi connectivity index (χ1) is 11.3. The summed E-state index contributed by atoms with van der Waals surface area (Å²) in [5, 5.41) is 3.94. The van der Waals surface area contributed by atoms with E-state index in [4.69, 9.17) is 4.52 Å². The lowest BCUT2D eigenvalue weighted by atomic mass is 10.0. The first-order valence-corrected chi connectivity index (χ1v) is 7.10. The summed E-state index contributed by atoms with van der Waals surface area (Å²) in [4.78, 5) is 12.5. The van der Waals surface area contributed by atoms with Crippen LogP contribution in [0.15, 0.2) is 65.6 Å². The van der Waals surface area contributed by atoms with Gasteiger partial charge in [0.1, 0.15) is 11.5 Å². The number of pyridine rings is 1. The third-order valence-corrected chi connectivity index (χ3v) is 3.56. The Labute approximate surface area is 131 Å². The minimum atomic E-state index is -0.231. The smallest absolute Gasteiger partial charge is 0.276 e. The number of rotatable bonds is 3. The Morgan fingerprint density at radius 3 is 3.00 bits per heavy atom. The van der Waals surface area contributed by atoms with Crippen LogP contribution in [0.4, 0.5) is 4.39 Å². The van der Waals surface area contributed by atoms with E-state index < -0.39 is 0 Å². The SMILES string of the molecule is FC1=CC(c2noc(-c3ccccn3)n2)=CC(n2ccnc2)C1. The monoisotopic (exact) mass is 309 g/mol.